The minimum Gasteiger partial charge on any atom is -0.369 e. The number of hydrogen-bond acceptors (Lipinski definition) is 2. The van der Waals surface area contributed by atoms with Gasteiger partial charge in [-0.05, 0) is 45.5 Å². The summed E-state index contributed by atoms with van der Waals surface area (Å²) in [6, 6.07) is 38.6. The van der Waals surface area contributed by atoms with Crippen LogP contribution in [0.4, 0.5) is 0 Å². The molecule has 0 N–H and O–H groups in total. The molecule has 0 saturated heterocycles. The lowest BCUT2D eigenvalue weighted by molar-refractivity contribution is -0.0587. The highest BCUT2D eigenvalue weighted by Gasteiger charge is 2.55. The molecule has 0 amide bonds. The highest BCUT2D eigenvalue weighted by atomic mass is 16.5. The van der Waals surface area contributed by atoms with Gasteiger partial charge in [-0.15, -0.1) is 0 Å². The molecular formula is C34H30O2. The molecule has 0 spiro atoms. The van der Waals surface area contributed by atoms with Crippen molar-refractivity contribution in [2.24, 2.45) is 0 Å². The summed E-state index contributed by atoms with van der Waals surface area (Å²) in [4.78, 5) is 0. The molecule has 6 rings (SSSR count). The summed E-state index contributed by atoms with van der Waals surface area (Å²) in [6.07, 6.45) is 8.93. The Bertz CT molecular complexity index is 1310. The van der Waals surface area contributed by atoms with E-state index in [9.17, 15) is 0 Å². The van der Waals surface area contributed by atoms with E-state index in [2.05, 4.69) is 133 Å². The molecule has 4 atom stereocenters. The van der Waals surface area contributed by atoms with Crippen LogP contribution in [0.1, 0.15) is 45.2 Å². The van der Waals surface area contributed by atoms with Crippen LogP contribution in [-0.4, -0.2) is 14.2 Å². The first kappa shape index (κ1) is 22.7. The largest absolute Gasteiger partial charge is 0.369 e. The minimum absolute atomic E-state index is 0.0580. The average molecular weight is 471 g/mol. The molecule has 4 unspecified atom stereocenters. The summed E-state index contributed by atoms with van der Waals surface area (Å²) in [6.45, 7) is 0. The van der Waals surface area contributed by atoms with Gasteiger partial charge in [-0.2, -0.15) is 0 Å². The molecular weight excluding hydrogens is 440 g/mol. The van der Waals surface area contributed by atoms with Crippen molar-refractivity contribution in [2.75, 3.05) is 14.2 Å². The third-order valence-corrected chi connectivity index (χ3v) is 8.07. The van der Waals surface area contributed by atoms with Crippen LogP contribution in [-0.2, 0) is 20.7 Å². The monoisotopic (exact) mass is 470 g/mol. The second-order valence-corrected chi connectivity index (χ2v) is 9.61. The van der Waals surface area contributed by atoms with Gasteiger partial charge in [0.25, 0.3) is 0 Å². The second kappa shape index (κ2) is 9.05. The molecule has 0 aromatic heterocycles. The van der Waals surface area contributed by atoms with Gasteiger partial charge in [-0.25, -0.2) is 0 Å². The molecule has 0 bridgehead atoms. The maximum absolute atomic E-state index is 6.61. The zero-order valence-electron chi connectivity index (χ0n) is 20.7. The molecule has 2 aliphatic carbocycles. The summed E-state index contributed by atoms with van der Waals surface area (Å²) in [5, 5.41) is 0. The third kappa shape index (κ3) is 3.33. The van der Waals surface area contributed by atoms with Gasteiger partial charge in [0.15, 0.2) is 0 Å². The molecule has 2 nitrogen and oxygen atoms in total. The number of rotatable bonds is 5. The van der Waals surface area contributed by atoms with E-state index in [1.54, 1.807) is 0 Å². The minimum atomic E-state index is -0.683. The van der Waals surface area contributed by atoms with Crippen molar-refractivity contribution in [1.29, 1.82) is 0 Å². The number of ether oxygens (including phenoxy) is 2. The first-order chi connectivity index (χ1) is 17.7. The van der Waals surface area contributed by atoms with Crippen LogP contribution in [0.2, 0.25) is 0 Å². The molecule has 0 saturated carbocycles. The van der Waals surface area contributed by atoms with E-state index in [0.717, 1.165) is 11.1 Å². The molecule has 0 fully saturated rings. The highest BCUT2D eigenvalue weighted by Crippen LogP contribution is 2.60. The standard InChI is InChI=1S/C34H30O2/c1-35-33(27-15-5-3-6-16-27)23-21-25-13-9-11-19-29(25)31(33)32-30-20-12-10-14-26(30)22-24-34(32,36-2)28-17-7-4-8-18-28/h3-24,31-32H,1-2H3. The highest BCUT2D eigenvalue weighted by molar-refractivity contribution is 5.68. The maximum atomic E-state index is 6.61. The van der Waals surface area contributed by atoms with Gasteiger partial charge in [-0.1, -0.05) is 121 Å². The third-order valence-electron chi connectivity index (χ3n) is 8.07. The van der Waals surface area contributed by atoms with Crippen molar-refractivity contribution in [3.63, 3.8) is 0 Å². The fourth-order valence-corrected chi connectivity index (χ4v) is 6.42. The van der Waals surface area contributed by atoms with Gasteiger partial charge in [0.2, 0.25) is 0 Å². The Balaban J connectivity index is 1.70. The first-order valence-corrected chi connectivity index (χ1v) is 12.5. The Morgan fingerprint density at radius 1 is 0.472 bits per heavy atom. The molecule has 4 aromatic rings. The van der Waals surface area contributed by atoms with Crippen molar-refractivity contribution >= 4 is 12.2 Å². The molecule has 0 aliphatic heterocycles. The Morgan fingerprint density at radius 3 is 1.22 bits per heavy atom. The average Bonchev–Trinajstić information content (AvgIpc) is 2.97. The van der Waals surface area contributed by atoms with Crippen LogP contribution in [0.15, 0.2) is 121 Å². The van der Waals surface area contributed by atoms with Crippen molar-refractivity contribution in [1.82, 2.24) is 0 Å². The van der Waals surface area contributed by atoms with Crippen molar-refractivity contribution in [2.45, 2.75) is 23.0 Å². The number of hydrogen-bond donors (Lipinski definition) is 0. The lowest BCUT2D eigenvalue weighted by Crippen LogP contribution is -2.47. The molecule has 2 aliphatic rings. The van der Waals surface area contributed by atoms with E-state index in [1.807, 2.05) is 14.2 Å². The fraction of sp³-hybridized carbons (Fsp3) is 0.176. The van der Waals surface area contributed by atoms with Gasteiger partial charge in [-0.3, -0.25) is 0 Å². The predicted octanol–water partition coefficient (Wildman–Crippen LogP) is 7.69. The van der Waals surface area contributed by atoms with Crippen LogP contribution in [0, 0.1) is 0 Å². The Morgan fingerprint density at radius 2 is 0.833 bits per heavy atom. The quantitative estimate of drug-likeness (QED) is 0.298. The zero-order valence-corrected chi connectivity index (χ0v) is 20.7. The maximum Gasteiger partial charge on any atom is 0.119 e. The van der Waals surface area contributed by atoms with Gasteiger partial charge in [0.05, 0.1) is 0 Å². The number of fused-ring (bicyclic) bond motifs is 2. The SMILES string of the molecule is COC1(c2ccccc2)C=Cc2ccccc2C1C1c2ccccc2C=CC1(OC)c1ccccc1. The van der Waals surface area contributed by atoms with Crippen molar-refractivity contribution in [3.05, 3.63) is 155 Å². The Hall–Kier alpha value is -3.72. The van der Waals surface area contributed by atoms with Crippen LogP contribution in [0.25, 0.3) is 12.2 Å². The molecule has 2 heteroatoms. The van der Waals surface area contributed by atoms with Crippen LogP contribution in [0.5, 0.6) is 0 Å². The lowest BCUT2D eigenvalue weighted by Gasteiger charge is -2.52. The van der Waals surface area contributed by atoms with E-state index in [-0.39, 0.29) is 11.8 Å². The Kier molecular flexibility index (Phi) is 5.72. The second-order valence-electron chi connectivity index (χ2n) is 9.61. The van der Waals surface area contributed by atoms with Gasteiger partial charge >= 0.3 is 0 Å². The fourth-order valence-electron chi connectivity index (χ4n) is 6.42. The molecule has 4 aromatic carbocycles. The topological polar surface area (TPSA) is 18.5 Å². The smallest absolute Gasteiger partial charge is 0.119 e. The van der Waals surface area contributed by atoms with E-state index in [4.69, 9.17) is 9.47 Å². The Labute approximate surface area is 213 Å². The van der Waals surface area contributed by atoms with Crippen molar-refractivity contribution < 1.29 is 9.47 Å². The molecule has 36 heavy (non-hydrogen) atoms. The summed E-state index contributed by atoms with van der Waals surface area (Å²) in [5.74, 6) is -0.116. The van der Waals surface area contributed by atoms with E-state index in [0.29, 0.717) is 0 Å². The van der Waals surface area contributed by atoms with Crippen molar-refractivity contribution in [3.8, 4) is 0 Å². The first-order valence-electron chi connectivity index (χ1n) is 12.5. The normalized spacial score (nSPS) is 26.3. The van der Waals surface area contributed by atoms with Gasteiger partial charge in [0, 0.05) is 26.1 Å². The summed E-state index contributed by atoms with van der Waals surface area (Å²) < 4.78 is 13.2. The van der Waals surface area contributed by atoms with Crippen LogP contribution >= 0.6 is 0 Å². The van der Waals surface area contributed by atoms with Gasteiger partial charge < -0.3 is 9.47 Å². The van der Waals surface area contributed by atoms with E-state index < -0.39 is 11.2 Å². The predicted molar refractivity (Wildman–Crippen MR) is 147 cm³/mol. The summed E-state index contributed by atoms with van der Waals surface area (Å²) >= 11 is 0. The molecule has 0 radical (unpaired) electrons. The van der Waals surface area contributed by atoms with Crippen LogP contribution < -0.4 is 0 Å². The number of methoxy groups -OCH3 is 2. The summed E-state index contributed by atoms with van der Waals surface area (Å²) in [5.41, 5.74) is 5.86. The van der Waals surface area contributed by atoms with E-state index in [1.165, 1.54) is 22.3 Å². The number of benzene rings is 4. The molecule has 0 heterocycles. The zero-order chi connectivity index (χ0) is 24.6. The summed E-state index contributed by atoms with van der Waals surface area (Å²) in [7, 11) is 3.67. The van der Waals surface area contributed by atoms with Gasteiger partial charge in [0.1, 0.15) is 11.2 Å². The van der Waals surface area contributed by atoms with E-state index >= 15 is 0 Å². The van der Waals surface area contributed by atoms with Crippen LogP contribution in [0.3, 0.4) is 0 Å². The lowest BCUT2D eigenvalue weighted by atomic mass is 9.57. The molecule has 178 valence electrons.